The number of hydrogen-bond acceptors (Lipinski definition) is 5. The van der Waals surface area contributed by atoms with E-state index in [1.807, 2.05) is 12.1 Å². The van der Waals surface area contributed by atoms with Crippen molar-refractivity contribution in [1.82, 2.24) is 4.37 Å². The van der Waals surface area contributed by atoms with Crippen LogP contribution in [0.15, 0.2) is 53.7 Å². The minimum Gasteiger partial charge on any atom is -0.362 e. The number of nitriles is 1. The lowest BCUT2D eigenvalue weighted by Gasteiger charge is -2.04. The number of halogens is 3. The fourth-order valence-electron chi connectivity index (χ4n) is 2.17. The zero-order valence-electron chi connectivity index (χ0n) is 13.7. The van der Waals surface area contributed by atoms with Crippen LogP contribution in [0.5, 0.6) is 0 Å². The molecule has 0 bridgehead atoms. The van der Waals surface area contributed by atoms with Crippen LogP contribution < -0.4 is 5.32 Å². The average Bonchev–Trinajstić information content (AvgIpc) is 3.05. The Kier molecular flexibility index (Phi) is 6.75. The molecule has 3 nitrogen and oxygen atoms in total. The van der Waals surface area contributed by atoms with Gasteiger partial charge in [-0.2, -0.15) is 9.64 Å². The van der Waals surface area contributed by atoms with Gasteiger partial charge in [-0.1, -0.05) is 41.0 Å². The quantitative estimate of drug-likeness (QED) is 0.430. The van der Waals surface area contributed by atoms with E-state index in [0.717, 1.165) is 10.6 Å². The van der Waals surface area contributed by atoms with Crippen molar-refractivity contribution in [1.29, 1.82) is 5.26 Å². The van der Waals surface area contributed by atoms with Crippen molar-refractivity contribution < 1.29 is 4.39 Å². The number of hydrogen-bond donors (Lipinski definition) is 1. The molecule has 0 fully saturated rings. The maximum atomic E-state index is 13.9. The number of thioether (sulfide) groups is 1. The van der Waals surface area contributed by atoms with Gasteiger partial charge in [0.2, 0.25) is 0 Å². The normalized spacial score (nSPS) is 10.9. The molecule has 0 aliphatic heterocycles. The Bertz CT molecular complexity index is 991. The Morgan fingerprint density at radius 2 is 2.00 bits per heavy atom. The number of benzene rings is 2. The second kappa shape index (κ2) is 9.25. The predicted molar refractivity (Wildman–Crippen MR) is 112 cm³/mol. The Labute approximate surface area is 174 Å². The second-order valence-corrected chi connectivity index (χ2v) is 7.92. The minimum atomic E-state index is -0.365. The van der Waals surface area contributed by atoms with Gasteiger partial charge in [0.05, 0.1) is 4.88 Å². The summed E-state index contributed by atoms with van der Waals surface area (Å²) in [7, 11) is 0. The van der Waals surface area contributed by atoms with Gasteiger partial charge >= 0.3 is 0 Å². The van der Waals surface area contributed by atoms with Gasteiger partial charge in [-0.25, -0.2) is 4.39 Å². The molecule has 8 heteroatoms. The van der Waals surface area contributed by atoms with Crippen molar-refractivity contribution in [3.05, 3.63) is 80.5 Å². The van der Waals surface area contributed by atoms with Crippen LogP contribution in [0.2, 0.25) is 10.0 Å². The highest BCUT2D eigenvalue weighted by Gasteiger charge is 2.14. The molecule has 0 aliphatic rings. The molecular formula is C19H12Cl2FN3S2. The minimum absolute atomic E-state index is 0.302. The topological polar surface area (TPSA) is 48.7 Å². The molecule has 3 aromatic rings. The summed E-state index contributed by atoms with van der Waals surface area (Å²) in [5, 5.41) is 14.2. The first-order valence-electron chi connectivity index (χ1n) is 7.72. The molecule has 1 N–H and O–H groups in total. The molecular weight excluding hydrogens is 424 g/mol. The monoisotopic (exact) mass is 435 g/mol. The lowest BCUT2D eigenvalue weighted by atomic mass is 10.2. The van der Waals surface area contributed by atoms with Crippen LogP contribution in [0.3, 0.4) is 0 Å². The van der Waals surface area contributed by atoms with Gasteiger partial charge in [-0.05, 0) is 54.0 Å². The first-order valence-corrected chi connectivity index (χ1v) is 10.2. The largest absolute Gasteiger partial charge is 0.362 e. The molecule has 0 aliphatic carbocycles. The number of rotatable bonds is 6. The molecule has 0 saturated carbocycles. The number of aromatic nitrogens is 1. The predicted octanol–water partition coefficient (Wildman–Crippen LogP) is 6.84. The Balaban J connectivity index is 1.70. The second-order valence-electron chi connectivity index (χ2n) is 5.31. The highest BCUT2D eigenvalue weighted by Crippen LogP contribution is 2.33. The van der Waals surface area contributed by atoms with Gasteiger partial charge < -0.3 is 5.32 Å². The summed E-state index contributed by atoms with van der Waals surface area (Å²) in [5.74, 6) is -0.0631. The molecule has 0 amide bonds. The fourth-order valence-corrected chi connectivity index (χ4v) is 4.50. The first-order chi connectivity index (χ1) is 13.1. The molecule has 0 saturated heterocycles. The molecule has 1 heterocycles. The van der Waals surface area contributed by atoms with Crippen molar-refractivity contribution in [2.45, 2.75) is 10.8 Å². The highest BCUT2D eigenvalue weighted by molar-refractivity contribution is 7.98. The Morgan fingerprint density at radius 1 is 1.22 bits per heavy atom. The lowest BCUT2D eigenvalue weighted by Crippen LogP contribution is -1.90. The van der Waals surface area contributed by atoms with E-state index >= 15 is 0 Å². The molecule has 0 unspecified atom stereocenters. The van der Waals surface area contributed by atoms with Gasteiger partial charge in [0, 0.05) is 33.2 Å². The summed E-state index contributed by atoms with van der Waals surface area (Å²) in [6.45, 7) is 0. The summed E-state index contributed by atoms with van der Waals surface area (Å²) in [6.07, 6.45) is 3.52. The summed E-state index contributed by atoms with van der Waals surface area (Å²) >= 11 is 14.4. The summed E-state index contributed by atoms with van der Waals surface area (Å²) in [5.41, 5.74) is 1.75. The highest BCUT2D eigenvalue weighted by atomic mass is 35.5. The van der Waals surface area contributed by atoms with E-state index in [-0.39, 0.29) is 5.82 Å². The molecule has 3 rings (SSSR count). The molecule has 2 aromatic carbocycles. The molecule has 0 atom stereocenters. The van der Waals surface area contributed by atoms with Crippen LogP contribution >= 0.6 is 46.5 Å². The van der Waals surface area contributed by atoms with Crippen molar-refractivity contribution in [3.63, 3.8) is 0 Å². The van der Waals surface area contributed by atoms with Crippen molar-refractivity contribution in [2.75, 3.05) is 5.32 Å². The van der Waals surface area contributed by atoms with Crippen molar-refractivity contribution in [2.24, 2.45) is 0 Å². The maximum Gasteiger partial charge on any atom is 0.129 e. The van der Waals surface area contributed by atoms with Crippen LogP contribution in [-0.2, 0) is 5.75 Å². The SMILES string of the molecule is N#Cc1c(SCc2c(F)cccc2Cl)nsc1/C=C/Nc1ccc(Cl)cc1. The van der Waals surface area contributed by atoms with Gasteiger partial charge in [0.15, 0.2) is 0 Å². The number of nitrogens with zero attached hydrogens (tertiary/aromatic N) is 2. The molecule has 27 heavy (non-hydrogen) atoms. The third-order valence-corrected chi connectivity index (χ3v) is 6.08. The lowest BCUT2D eigenvalue weighted by molar-refractivity contribution is 0.617. The van der Waals surface area contributed by atoms with Crippen LogP contribution in [0.1, 0.15) is 16.0 Å². The fraction of sp³-hybridized carbons (Fsp3) is 0.0526. The van der Waals surface area contributed by atoms with E-state index in [1.54, 1.807) is 36.5 Å². The molecule has 0 spiro atoms. The van der Waals surface area contributed by atoms with Crippen LogP contribution in [0.4, 0.5) is 10.1 Å². The Hall–Kier alpha value is -2.04. The summed E-state index contributed by atoms with van der Waals surface area (Å²) in [4.78, 5) is 0.723. The van der Waals surface area contributed by atoms with Crippen molar-refractivity contribution >= 4 is 58.3 Å². The van der Waals surface area contributed by atoms with Gasteiger partial charge in [-0.15, -0.1) is 0 Å². The zero-order valence-corrected chi connectivity index (χ0v) is 16.9. The standard InChI is InChI=1S/C19H12Cl2FN3S2/c20-12-4-6-13(7-5-12)24-9-8-18-14(10-23)19(25-27-18)26-11-15-16(21)2-1-3-17(15)22/h1-9,24H,11H2/b9-8+. The average molecular weight is 436 g/mol. The van der Waals surface area contributed by atoms with E-state index < -0.39 is 0 Å². The third-order valence-electron chi connectivity index (χ3n) is 3.54. The third kappa shape index (κ3) is 5.02. The Morgan fingerprint density at radius 3 is 2.70 bits per heavy atom. The van der Waals surface area contributed by atoms with Crippen LogP contribution in [-0.4, -0.2) is 4.37 Å². The van der Waals surface area contributed by atoms with Crippen molar-refractivity contribution in [3.8, 4) is 6.07 Å². The first kappa shape index (κ1) is 19.7. The van der Waals surface area contributed by atoms with Gasteiger partial charge in [0.1, 0.15) is 22.5 Å². The summed E-state index contributed by atoms with van der Waals surface area (Å²) in [6, 6.07) is 14.0. The van der Waals surface area contributed by atoms with Gasteiger partial charge in [-0.3, -0.25) is 0 Å². The van der Waals surface area contributed by atoms with Crippen LogP contribution in [0, 0.1) is 17.1 Å². The van der Waals surface area contributed by atoms with E-state index in [2.05, 4.69) is 15.8 Å². The van der Waals surface area contributed by atoms with Crippen LogP contribution in [0.25, 0.3) is 6.08 Å². The maximum absolute atomic E-state index is 13.9. The zero-order chi connectivity index (χ0) is 19.2. The molecule has 0 radical (unpaired) electrons. The van der Waals surface area contributed by atoms with Gasteiger partial charge in [0.25, 0.3) is 0 Å². The molecule has 136 valence electrons. The number of anilines is 1. The number of nitrogens with one attached hydrogen (secondary N) is 1. The van der Waals surface area contributed by atoms with E-state index in [9.17, 15) is 9.65 Å². The van der Waals surface area contributed by atoms with E-state index in [0.29, 0.717) is 32.0 Å². The molecule has 1 aromatic heterocycles. The van der Waals surface area contributed by atoms with E-state index in [1.165, 1.54) is 29.4 Å². The van der Waals surface area contributed by atoms with E-state index in [4.69, 9.17) is 23.2 Å². The summed E-state index contributed by atoms with van der Waals surface area (Å²) < 4.78 is 18.2. The smallest absolute Gasteiger partial charge is 0.129 e.